The molecule has 1 heterocycles. The normalized spacial score (nSPS) is 10.7. The largest absolute Gasteiger partial charge is 0.399 e. The Kier molecular flexibility index (Phi) is 3.60. The van der Waals surface area contributed by atoms with E-state index in [9.17, 15) is 4.79 Å². The molecule has 1 amide bonds. The highest BCUT2D eigenvalue weighted by Gasteiger charge is 2.11. The zero-order valence-electron chi connectivity index (χ0n) is 11.6. The summed E-state index contributed by atoms with van der Waals surface area (Å²) in [5.74, 6) is -0.0676. The number of hydrogen-bond acceptors (Lipinski definition) is 2. The average Bonchev–Trinajstić information content (AvgIpc) is 2.91. The third kappa shape index (κ3) is 2.89. The SMILES string of the molecule is Nc1ccc2c(C(=O)NCCc3ccccc3)c[nH]c2c1. The van der Waals surface area contributed by atoms with E-state index in [1.165, 1.54) is 5.56 Å². The lowest BCUT2D eigenvalue weighted by atomic mass is 10.1. The molecule has 0 unspecified atom stereocenters. The van der Waals surface area contributed by atoms with Crippen molar-refractivity contribution in [1.29, 1.82) is 0 Å². The van der Waals surface area contributed by atoms with Crippen LogP contribution in [0.4, 0.5) is 5.69 Å². The van der Waals surface area contributed by atoms with Crippen LogP contribution in [0.5, 0.6) is 0 Å². The minimum Gasteiger partial charge on any atom is -0.399 e. The molecule has 0 saturated carbocycles. The molecule has 4 nitrogen and oxygen atoms in total. The summed E-state index contributed by atoms with van der Waals surface area (Å²) in [5.41, 5.74) is 9.16. The number of hydrogen-bond donors (Lipinski definition) is 3. The van der Waals surface area contributed by atoms with E-state index in [1.807, 2.05) is 30.3 Å². The Hall–Kier alpha value is -2.75. The van der Waals surface area contributed by atoms with Gasteiger partial charge in [0.15, 0.2) is 0 Å². The molecule has 3 aromatic rings. The summed E-state index contributed by atoms with van der Waals surface area (Å²) >= 11 is 0. The van der Waals surface area contributed by atoms with Crippen LogP contribution in [0.25, 0.3) is 10.9 Å². The molecule has 106 valence electrons. The Morgan fingerprint density at radius 3 is 2.76 bits per heavy atom. The van der Waals surface area contributed by atoms with Crippen molar-refractivity contribution in [3.63, 3.8) is 0 Å². The summed E-state index contributed by atoms with van der Waals surface area (Å²) < 4.78 is 0. The van der Waals surface area contributed by atoms with E-state index < -0.39 is 0 Å². The van der Waals surface area contributed by atoms with Crippen molar-refractivity contribution in [2.24, 2.45) is 0 Å². The van der Waals surface area contributed by atoms with Gasteiger partial charge in [0.2, 0.25) is 0 Å². The number of fused-ring (bicyclic) bond motifs is 1. The fourth-order valence-electron chi connectivity index (χ4n) is 2.39. The van der Waals surface area contributed by atoms with Crippen LogP contribution in [0.3, 0.4) is 0 Å². The van der Waals surface area contributed by atoms with Crippen molar-refractivity contribution in [2.75, 3.05) is 12.3 Å². The van der Waals surface area contributed by atoms with Crippen LogP contribution in [0.15, 0.2) is 54.7 Å². The van der Waals surface area contributed by atoms with E-state index in [1.54, 1.807) is 12.3 Å². The van der Waals surface area contributed by atoms with Crippen LogP contribution < -0.4 is 11.1 Å². The van der Waals surface area contributed by atoms with Gasteiger partial charge in [-0.15, -0.1) is 0 Å². The highest BCUT2D eigenvalue weighted by molar-refractivity contribution is 6.07. The maximum Gasteiger partial charge on any atom is 0.253 e. The van der Waals surface area contributed by atoms with Gasteiger partial charge in [0.1, 0.15) is 0 Å². The van der Waals surface area contributed by atoms with E-state index in [0.29, 0.717) is 17.8 Å². The number of nitrogen functional groups attached to an aromatic ring is 1. The lowest BCUT2D eigenvalue weighted by Crippen LogP contribution is -2.25. The predicted octanol–water partition coefficient (Wildman–Crippen LogP) is 2.72. The molecule has 0 aliphatic heterocycles. The Morgan fingerprint density at radius 1 is 1.14 bits per heavy atom. The molecule has 0 saturated heterocycles. The molecule has 0 spiro atoms. The monoisotopic (exact) mass is 279 g/mol. The van der Waals surface area contributed by atoms with Crippen LogP contribution in [-0.2, 0) is 6.42 Å². The van der Waals surface area contributed by atoms with Crippen molar-refractivity contribution >= 4 is 22.5 Å². The number of nitrogens with two attached hydrogens (primary N) is 1. The summed E-state index contributed by atoms with van der Waals surface area (Å²) in [6.45, 7) is 0.616. The minimum absolute atomic E-state index is 0.0676. The second-order valence-electron chi connectivity index (χ2n) is 5.00. The van der Waals surface area contributed by atoms with Crippen molar-refractivity contribution < 1.29 is 4.79 Å². The van der Waals surface area contributed by atoms with Gasteiger partial charge in [-0.1, -0.05) is 30.3 Å². The van der Waals surface area contributed by atoms with Gasteiger partial charge in [0.25, 0.3) is 5.91 Å². The topological polar surface area (TPSA) is 70.9 Å². The Labute approximate surface area is 123 Å². The van der Waals surface area contributed by atoms with Crippen molar-refractivity contribution in [1.82, 2.24) is 10.3 Å². The molecule has 21 heavy (non-hydrogen) atoms. The fourth-order valence-corrected chi connectivity index (χ4v) is 2.39. The van der Waals surface area contributed by atoms with Gasteiger partial charge in [-0.25, -0.2) is 0 Å². The maximum atomic E-state index is 12.2. The van der Waals surface area contributed by atoms with Crippen LogP contribution in [0.1, 0.15) is 15.9 Å². The molecule has 0 aliphatic carbocycles. The average molecular weight is 279 g/mol. The summed E-state index contributed by atoms with van der Waals surface area (Å²) in [4.78, 5) is 15.3. The van der Waals surface area contributed by atoms with Crippen molar-refractivity contribution in [2.45, 2.75) is 6.42 Å². The first kappa shape index (κ1) is 13.2. The number of aromatic amines is 1. The molecule has 0 atom stereocenters. The number of amides is 1. The fraction of sp³-hybridized carbons (Fsp3) is 0.118. The summed E-state index contributed by atoms with van der Waals surface area (Å²) in [6, 6.07) is 15.6. The van der Waals surface area contributed by atoms with E-state index in [0.717, 1.165) is 17.3 Å². The van der Waals surface area contributed by atoms with Gasteiger partial charge in [0, 0.05) is 29.3 Å². The first-order chi connectivity index (χ1) is 10.2. The zero-order chi connectivity index (χ0) is 14.7. The molecule has 2 aromatic carbocycles. The molecule has 1 aromatic heterocycles. The van der Waals surface area contributed by atoms with Gasteiger partial charge in [-0.2, -0.15) is 0 Å². The zero-order valence-corrected chi connectivity index (χ0v) is 11.6. The first-order valence-electron chi connectivity index (χ1n) is 6.93. The Morgan fingerprint density at radius 2 is 1.95 bits per heavy atom. The van der Waals surface area contributed by atoms with Gasteiger partial charge in [0.05, 0.1) is 5.56 Å². The highest BCUT2D eigenvalue weighted by atomic mass is 16.1. The van der Waals surface area contributed by atoms with Gasteiger partial charge in [-0.3, -0.25) is 4.79 Å². The number of anilines is 1. The molecular formula is C17H17N3O. The summed E-state index contributed by atoms with van der Waals surface area (Å²) in [7, 11) is 0. The smallest absolute Gasteiger partial charge is 0.253 e. The van der Waals surface area contributed by atoms with E-state index in [-0.39, 0.29) is 5.91 Å². The van der Waals surface area contributed by atoms with Crippen LogP contribution in [-0.4, -0.2) is 17.4 Å². The third-order valence-electron chi connectivity index (χ3n) is 3.49. The van der Waals surface area contributed by atoms with E-state index in [2.05, 4.69) is 22.4 Å². The van der Waals surface area contributed by atoms with Crippen LogP contribution in [0.2, 0.25) is 0 Å². The molecule has 0 fully saturated rings. The molecule has 4 heteroatoms. The highest BCUT2D eigenvalue weighted by Crippen LogP contribution is 2.20. The second kappa shape index (κ2) is 5.71. The lowest BCUT2D eigenvalue weighted by Gasteiger charge is -2.04. The number of H-pyrrole nitrogens is 1. The van der Waals surface area contributed by atoms with Gasteiger partial charge in [-0.05, 0) is 30.2 Å². The van der Waals surface area contributed by atoms with E-state index in [4.69, 9.17) is 5.73 Å². The molecule has 3 rings (SSSR count). The molecule has 0 radical (unpaired) electrons. The quantitative estimate of drug-likeness (QED) is 0.643. The summed E-state index contributed by atoms with van der Waals surface area (Å²) in [6.07, 6.45) is 2.55. The summed E-state index contributed by atoms with van der Waals surface area (Å²) in [5, 5.41) is 3.84. The number of carbonyl (C=O) groups is 1. The molecule has 0 aliphatic rings. The van der Waals surface area contributed by atoms with Crippen LogP contribution >= 0.6 is 0 Å². The number of rotatable bonds is 4. The molecule has 4 N–H and O–H groups in total. The molecule has 0 bridgehead atoms. The Balaban J connectivity index is 1.67. The second-order valence-corrected chi connectivity index (χ2v) is 5.00. The van der Waals surface area contributed by atoms with Crippen molar-refractivity contribution in [3.05, 3.63) is 65.9 Å². The number of nitrogens with one attached hydrogen (secondary N) is 2. The Bertz CT molecular complexity index is 762. The maximum absolute atomic E-state index is 12.2. The number of benzene rings is 2. The van der Waals surface area contributed by atoms with Gasteiger partial charge < -0.3 is 16.0 Å². The predicted molar refractivity (Wildman–Crippen MR) is 85.2 cm³/mol. The minimum atomic E-state index is -0.0676. The third-order valence-corrected chi connectivity index (χ3v) is 3.49. The van der Waals surface area contributed by atoms with Crippen molar-refractivity contribution in [3.8, 4) is 0 Å². The van der Waals surface area contributed by atoms with E-state index >= 15 is 0 Å². The number of carbonyl (C=O) groups excluding carboxylic acids is 1. The first-order valence-corrected chi connectivity index (χ1v) is 6.93. The lowest BCUT2D eigenvalue weighted by molar-refractivity contribution is 0.0956. The standard InChI is InChI=1S/C17H17N3O/c18-13-6-7-14-15(11-20-16(14)10-13)17(21)19-9-8-12-4-2-1-3-5-12/h1-7,10-11,20H,8-9,18H2,(H,19,21). The molecular weight excluding hydrogens is 262 g/mol. The van der Waals surface area contributed by atoms with Gasteiger partial charge >= 0.3 is 0 Å². The number of aromatic nitrogens is 1. The van der Waals surface area contributed by atoms with Crippen LogP contribution in [0, 0.1) is 0 Å².